The van der Waals surface area contributed by atoms with Crippen LogP contribution in [0.2, 0.25) is 0 Å². The SMILES string of the molecule is C\C=C/N=C(\C=C/C)C(/C=C\C)=C\C(C)=C/C. The molecule has 92 valence electrons. The molecule has 0 heterocycles. The van der Waals surface area contributed by atoms with Crippen molar-refractivity contribution in [1.29, 1.82) is 0 Å². The van der Waals surface area contributed by atoms with Gasteiger partial charge in [-0.05, 0) is 40.7 Å². The van der Waals surface area contributed by atoms with Gasteiger partial charge in [-0.3, -0.25) is 4.99 Å². The summed E-state index contributed by atoms with van der Waals surface area (Å²) in [7, 11) is 0. The first-order valence-corrected chi connectivity index (χ1v) is 5.98. The second kappa shape index (κ2) is 9.59. The van der Waals surface area contributed by atoms with Gasteiger partial charge in [-0.2, -0.15) is 0 Å². The van der Waals surface area contributed by atoms with Crippen molar-refractivity contribution in [3.05, 3.63) is 59.9 Å². The van der Waals surface area contributed by atoms with Crippen LogP contribution in [0.25, 0.3) is 0 Å². The van der Waals surface area contributed by atoms with Crippen LogP contribution in [0.1, 0.15) is 34.6 Å². The Kier molecular flexibility index (Phi) is 8.67. The summed E-state index contributed by atoms with van der Waals surface area (Å²) in [5.74, 6) is 0. The average molecular weight is 229 g/mol. The zero-order valence-electron chi connectivity index (χ0n) is 11.6. The third-order valence-corrected chi connectivity index (χ3v) is 2.17. The maximum atomic E-state index is 4.44. The highest BCUT2D eigenvalue weighted by molar-refractivity contribution is 6.10. The van der Waals surface area contributed by atoms with Crippen molar-refractivity contribution in [2.45, 2.75) is 34.6 Å². The summed E-state index contributed by atoms with van der Waals surface area (Å²) in [4.78, 5) is 4.44. The van der Waals surface area contributed by atoms with Gasteiger partial charge in [0.25, 0.3) is 0 Å². The van der Waals surface area contributed by atoms with Crippen LogP contribution >= 0.6 is 0 Å². The van der Waals surface area contributed by atoms with Gasteiger partial charge in [0.15, 0.2) is 0 Å². The molecular weight excluding hydrogens is 206 g/mol. The van der Waals surface area contributed by atoms with E-state index in [9.17, 15) is 0 Å². The zero-order valence-corrected chi connectivity index (χ0v) is 11.6. The first kappa shape index (κ1) is 15.4. The predicted molar refractivity (Wildman–Crippen MR) is 79.4 cm³/mol. The number of hydrogen-bond acceptors (Lipinski definition) is 1. The first-order chi connectivity index (χ1) is 8.19. The highest BCUT2D eigenvalue weighted by Crippen LogP contribution is 2.08. The third-order valence-electron chi connectivity index (χ3n) is 2.17. The van der Waals surface area contributed by atoms with E-state index in [0.29, 0.717) is 0 Å². The Balaban J connectivity index is 5.47. The smallest absolute Gasteiger partial charge is 0.0698 e. The first-order valence-electron chi connectivity index (χ1n) is 5.98. The lowest BCUT2D eigenvalue weighted by atomic mass is 10.1. The Morgan fingerprint density at radius 2 is 1.53 bits per heavy atom. The molecule has 0 saturated heterocycles. The van der Waals surface area contributed by atoms with Crippen LogP contribution in [0.15, 0.2) is 64.9 Å². The summed E-state index contributed by atoms with van der Waals surface area (Å²) in [6.07, 6.45) is 16.1. The minimum absolute atomic E-state index is 0.977. The lowest BCUT2D eigenvalue weighted by Crippen LogP contribution is -1.97. The van der Waals surface area contributed by atoms with Gasteiger partial charge in [0.1, 0.15) is 0 Å². The van der Waals surface area contributed by atoms with Crippen LogP contribution in [0.5, 0.6) is 0 Å². The minimum atomic E-state index is 0.977. The predicted octanol–water partition coefficient (Wildman–Crippen LogP) is 5.01. The van der Waals surface area contributed by atoms with Crippen molar-refractivity contribution in [1.82, 2.24) is 0 Å². The van der Waals surface area contributed by atoms with Gasteiger partial charge in [-0.15, -0.1) is 0 Å². The number of allylic oxidation sites excluding steroid dienone is 9. The summed E-state index contributed by atoms with van der Waals surface area (Å²) in [5, 5.41) is 0. The number of rotatable bonds is 5. The summed E-state index contributed by atoms with van der Waals surface area (Å²) in [6.45, 7) is 10.1. The standard InChI is InChI=1S/C16H23N/c1-6-10-15(13-14(5)9-4)16(11-7-2)17-12-8-3/h6-13H,1-5H3/b10-6-,11-7-,12-8-,14-9-,15-13-,17-16+. The van der Waals surface area contributed by atoms with Gasteiger partial charge in [0.2, 0.25) is 0 Å². The molecule has 0 unspecified atom stereocenters. The fraction of sp³-hybridized carbons (Fsp3) is 0.312. The molecule has 1 heteroatoms. The van der Waals surface area contributed by atoms with E-state index in [2.05, 4.69) is 30.1 Å². The molecule has 17 heavy (non-hydrogen) atoms. The van der Waals surface area contributed by atoms with E-state index >= 15 is 0 Å². The average Bonchev–Trinajstić information content (AvgIpc) is 2.33. The molecule has 0 aliphatic carbocycles. The van der Waals surface area contributed by atoms with Crippen LogP contribution in [-0.4, -0.2) is 5.71 Å². The normalized spacial score (nSPS) is 15.7. The van der Waals surface area contributed by atoms with Crippen LogP contribution in [-0.2, 0) is 0 Å². The monoisotopic (exact) mass is 229 g/mol. The number of hydrogen-bond donors (Lipinski definition) is 0. The zero-order chi connectivity index (χ0) is 13.1. The molecule has 1 nitrogen and oxygen atoms in total. The van der Waals surface area contributed by atoms with Crippen LogP contribution in [0, 0.1) is 0 Å². The van der Waals surface area contributed by atoms with Gasteiger partial charge in [-0.1, -0.05) is 42.0 Å². The molecule has 0 saturated carbocycles. The van der Waals surface area contributed by atoms with E-state index in [1.165, 1.54) is 5.57 Å². The van der Waals surface area contributed by atoms with Crippen molar-refractivity contribution in [2.24, 2.45) is 4.99 Å². The van der Waals surface area contributed by atoms with E-state index in [4.69, 9.17) is 0 Å². The highest BCUT2D eigenvalue weighted by Gasteiger charge is 1.99. The summed E-state index contributed by atoms with van der Waals surface area (Å²) >= 11 is 0. The van der Waals surface area contributed by atoms with E-state index in [-0.39, 0.29) is 0 Å². The second-order valence-electron chi connectivity index (χ2n) is 3.63. The topological polar surface area (TPSA) is 12.4 Å². The maximum Gasteiger partial charge on any atom is 0.0698 e. The largest absolute Gasteiger partial charge is 0.257 e. The maximum absolute atomic E-state index is 4.44. The molecule has 0 N–H and O–H groups in total. The van der Waals surface area contributed by atoms with Crippen molar-refractivity contribution in [3.8, 4) is 0 Å². The van der Waals surface area contributed by atoms with Crippen molar-refractivity contribution < 1.29 is 0 Å². The Morgan fingerprint density at radius 3 is 2.00 bits per heavy atom. The number of nitrogens with zero attached hydrogens (tertiary/aromatic N) is 1. The molecule has 0 aromatic carbocycles. The summed E-state index contributed by atoms with van der Waals surface area (Å²) in [6, 6.07) is 0. The molecular formula is C16H23N. The summed E-state index contributed by atoms with van der Waals surface area (Å²) < 4.78 is 0. The van der Waals surface area contributed by atoms with Gasteiger partial charge in [0.05, 0.1) is 5.71 Å². The molecule has 0 aliphatic heterocycles. The van der Waals surface area contributed by atoms with Gasteiger partial charge >= 0.3 is 0 Å². The van der Waals surface area contributed by atoms with Crippen molar-refractivity contribution in [2.75, 3.05) is 0 Å². The Hall–Kier alpha value is -1.63. The molecule has 0 atom stereocenters. The molecule has 0 aromatic heterocycles. The quantitative estimate of drug-likeness (QED) is 0.464. The number of aliphatic imine (C=N–C) groups is 1. The van der Waals surface area contributed by atoms with Gasteiger partial charge in [-0.25, -0.2) is 0 Å². The molecule has 0 rings (SSSR count). The minimum Gasteiger partial charge on any atom is -0.257 e. The Labute approximate surface area is 106 Å². The van der Waals surface area contributed by atoms with Crippen molar-refractivity contribution in [3.63, 3.8) is 0 Å². The molecule has 0 spiro atoms. The Morgan fingerprint density at radius 1 is 0.882 bits per heavy atom. The molecule has 0 amide bonds. The highest BCUT2D eigenvalue weighted by atomic mass is 14.7. The van der Waals surface area contributed by atoms with E-state index in [1.54, 1.807) is 0 Å². The van der Waals surface area contributed by atoms with E-state index in [1.807, 2.05) is 58.2 Å². The molecule has 0 aliphatic rings. The molecule has 0 bridgehead atoms. The van der Waals surface area contributed by atoms with Gasteiger partial charge < -0.3 is 0 Å². The van der Waals surface area contributed by atoms with Gasteiger partial charge in [0, 0.05) is 11.8 Å². The molecule has 0 radical (unpaired) electrons. The summed E-state index contributed by atoms with van der Waals surface area (Å²) in [5.41, 5.74) is 3.33. The van der Waals surface area contributed by atoms with Crippen molar-refractivity contribution >= 4 is 5.71 Å². The Bertz CT molecular complexity index is 388. The van der Waals surface area contributed by atoms with E-state index < -0.39 is 0 Å². The fourth-order valence-electron chi connectivity index (χ4n) is 1.24. The second-order valence-corrected chi connectivity index (χ2v) is 3.63. The fourth-order valence-corrected chi connectivity index (χ4v) is 1.24. The lowest BCUT2D eigenvalue weighted by molar-refractivity contribution is 1.44. The third kappa shape index (κ3) is 6.52. The van der Waals surface area contributed by atoms with Crippen LogP contribution in [0.3, 0.4) is 0 Å². The molecule has 0 fully saturated rings. The molecule has 0 aromatic rings. The van der Waals surface area contributed by atoms with Crippen LogP contribution < -0.4 is 0 Å². The lowest BCUT2D eigenvalue weighted by Gasteiger charge is -2.02. The van der Waals surface area contributed by atoms with Crippen LogP contribution in [0.4, 0.5) is 0 Å². The van der Waals surface area contributed by atoms with E-state index in [0.717, 1.165) is 11.3 Å².